The summed E-state index contributed by atoms with van der Waals surface area (Å²) < 4.78 is 0. The Labute approximate surface area is 163 Å². The Morgan fingerprint density at radius 1 is 1.15 bits per heavy atom. The number of benzene rings is 2. The Morgan fingerprint density at radius 3 is 2.56 bits per heavy atom. The van der Waals surface area contributed by atoms with E-state index in [9.17, 15) is 9.59 Å². The molecule has 0 atom stereocenters. The van der Waals surface area contributed by atoms with E-state index in [-0.39, 0.29) is 5.91 Å². The maximum absolute atomic E-state index is 12.7. The number of rotatable bonds is 5. The molecule has 0 aliphatic carbocycles. The van der Waals surface area contributed by atoms with Crippen LogP contribution < -0.4 is 0 Å². The van der Waals surface area contributed by atoms with E-state index < -0.39 is 0 Å². The van der Waals surface area contributed by atoms with Crippen LogP contribution in [0.1, 0.15) is 31.8 Å². The second-order valence-corrected chi connectivity index (χ2v) is 6.77. The summed E-state index contributed by atoms with van der Waals surface area (Å²) in [5.74, 6) is -0.218. The average Bonchev–Trinajstić information content (AvgIpc) is 2.69. The largest absolute Gasteiger partial charge is 0.337 e. The van der Waals surface area contributed by atoms with Crippen molar-refractivity contribution in [3.63, 3.8) is 0 Å². The Morgan fingerprint density at radius 2 is 1.85 bits per heavy atom. The molecule has 0 N–H and O–H groups in total. The quantitative estimate of drug-likeness (QED) is 0.473. The molecule has 0 aliphatic rings. The van der Waals surface area contributed by atoms with Gasteiger partial charge >= 0.3 is 0 Å². The van der Waals surface area contributed by atoms with Crippen LogP contribution >= 0.6 is 11.6 Å². The van der Waals surface area contributed by atoms with Gasteiger partial charge in [0.1, 0.15) is 5.15 Å². The van der Waals surface area contributed by atoms with Gasteiger partial charge in [-0.25, -0.2) is 4.98 Å². The highest BCUT2D eigenvalue weighted by Crippen LogP contribution is 2.27. The topological polar surface area (TPSA) is 50.3 Å². The standard InChI is InChI=1S/C22H19ClN2O2/c1-15-7-9-17(10-8-15)20-11-16(12-24-21(20)23)13-25(2)22(27)19-6-4-3-5-18(19)14-26/h3-12,14H,13H2,1-2H3. The molecule has 3 aromatic rings. The lowest BCUT2D eigenvalue weighted by atomic mass is 10.0. The van der Waals surface area contributed by atoms with Gasteiger partial charge in [-0.3, -0.25) is 9.59 Å². The van der Waals surface area contributed by atoms with Gasteiger partial charge in [-0.2, -0.15) is 0 Å². The van der Waals surface area contributed by atoms with Crippen LogP contribution in [0.2, 0.25) is 5.15 Å². The molecule has 5 heteroatoms. The van der Waals surface area contributed by atoms with Crippen molar-refractivity contribution < 1.29 is 9.59 Å². The van der Waals surface area contributed by atoms with Gasteiger partial charge in [-0.15, -0.1) is 0 Å². The fourth-order valence-corrected chi connectivity index (χ4v) is 3.07. The normalized spacial score (nSPS) is 10.5. The van der Waals surface area contributed by atoms with Crippen LogP contribution in [0.3, 0.4) is 0 Å². The number of hydrogen-bond donors (Lipinski definition) is 0. The summed E-state index contributed by atoms with van der Waals surface area (Å²) in [5.41, 5.74) is 4.58. The van der Waals surface area contributed by atoms with Crippen molar-refractivity contribution in [2.24, 2.45) is 0 Å². The van der Waals surface area contributed by atoms with Crippen LogP contribution in [0.15, 0.2) is 60.8 Å². The summed E-state index contributed by atoms with van der Waals surface area (Å²) in [6.45, 7) is 2.38. The van der Waals surface area contributed by atoms with Crippen LogP contribution in [0.25, 0.3) is 11.1 Å². The molecule has 0 unspecified atom stereocenters. The minimum Gasteiger partial charge on any atom is -0.337 e. The number of carbonyl (C=O) groups excluding carboxylic acids is 2. The van der Waals surface area contributed by atoms with Crippen LogP contribution in [-0.4, -0.2) is 29.1 Å². The average molecular weight is 379 g/mol. The third-order valence-corrected chi connectivity index (χ3v) is 4.64. The molecule has 27 heavy (non-hydrogen) atoms. The van der Waals surface area contributed by atoms with E-state index in [1.165, 1.54) is 0 Å². The molecular weight excluding hydrogens is 360 g/mol. The zero-order valence-corrected chi connectivity index (χ0v) is 15.9. The lowest BCUT2D eigenvalue weighted by molar-refractivity contribution is 0.0782. The highest BCUT2D eigenvalue weighted by atomic mass is 35.5. The third kappa shape index (κ3) is 4.23. The fourth-order valence-electron chi connectivity index (χ4n) is 2.86. The number of carbonyl (C=O) groups is 2. The second kappa shape index (κ2) is 8.14. The van der Waals surface area contributed by atoms with E-state index in [0.717, 1.165) is 22.3 Å². The molecule has 0 saturated heterocycles. The first-order valence-corrected chi connectivity index (χ1v) is 8.88. The maximum atomic E-state index is 12.7. The molecule has 1 aromatic heterocycles. The van der Waals surface area contributed by atoms with Crippen molar-refractivity contribution in [3.05, 3.63) is 88.2 Å². The van der Waals surface area contributed by atoms with Crippen molar-refractivity contribution >= 4 is 23.8 Å². The van der Waals surface area contributed by atoms with Gasteiger partial charge in [0, 0.05) is 30.9 Å². The maximum Gasteiger partial charge on any atom is 0.254 e. The van der Waals surface area contributed by atoms with Gasteiger partial charge < -0.3 is 4.90 Å². The molecule has 0 bridgehead atoms. The lowest BCUT2D eigenvalue weighted by Gasteiger charge is -2.18. The molecule has 2 aromatic carbocycles. The molecule has 3 rings (SSSR count). The Kier molecular flexibility index (Phi) is 5.67. The molecule has 0 aliphatic heterocycles. The number of nitrogens with zero attached hydrogens (tertiary/aromatic N) is 2. The number of aldehydes is 1. The molecule has 0 radical (unpaired) electrons. The molecule has 0 saturated carbocycles. The molecule has 1 heterocycles. The van der Waals surface area contributed by atoms with E-state index in [1.807, 2.05) is 37.3 Å². The molecule has 0 spiro atoms. The Balaban J connectivity index is 1.85. The summed E-state index contributed by atoms with van der Waals surface area (Å²) >= 11 is 6.27. The number of halogens is 1. The van der Waals surface area contributed by atoms with Crippen molar-refractivity contribution in [1.82, 2.24) is 9.88 Å². The predicted molar refractivity (Wildman–Crippen MR) is 107 cm³/mol. The second-order valence-electron chi connectivity index (χ2n) is 6.41. The molecule has 136 valence electrons. The van der Waals surface area contributed by atoms with Crippen LogP contribution in [0, 0.1) is 6.92 Å². The fraction of sp³-hybridized carbons (Fsp3) is 0.136. The van der Waals surface area contributed by atoms with Crippen molar-refractivity contribution in [3.8, 4) is 11.1 Å². The first-order chi connectivity index (χ1) is 13.0. The monoisotopic (exact) mass is 378 g/mol. The van der Waals surface area contributed by atoms with Crippen LogP contribution in [0.4, 0.5) is 0 Å². The van der Waals surface area contributed by atoms with Gasteiger partial charge in [0.2, 0.25) is 0 Å². The van der Waals surface area contributed by atoms with Crippen molar-refractivity contribution in [2.75, 3.05) is 7.05 Å². The third-order valence-electron chi connectivity index (χ3n) is 4.34. The Hall–Kier alpha value is -2.98. The highest BCUT2D eigenvalue weighted by Gasteiger charge is 2.16. The van der Waals surface area contributed by atoms with Crippen molar-refractivity contribution in [1.29, 1.82) is 0 Å². The number of aryl methyl sites for hydroxylation is 1. The summed E-state index contributed by atoms with van der Waals surface area (Å²) in [6.07, 6.45) is 2.36. The van der Waals surface area contributed by atoms with E-state index in [0.29, 0.717) is 29.1 Å². The number of pyridine rings is 1. The van der Waals surface area contributed by atoms with Gasteiger partial charge in [-0.05, 0) is 30.2 Å². The predicted octanol–water partition coefficient (Wildman–Crippen LogP) is 4.80. The summed E-state index contributed by atoms with van der Waals surface area (Å²) in [4.78, 5) is 29.7. The zero-order valence-electron chi connectivity index (χ0n) is 15.1. The summed E-state index contributed by atoms with van der Waals surface area (Å²) in [7, 11) is 1.70. The van der Waals surface area contributed by atoms with E-state index in [4.69, 9.17) is 11.6 Å². The molecule has 0 fully saturated rings. The minimum absolute atomic E-state index is 0.218. The van der Waals surface area contributed by atoms with E-state index >= 15 is 0 Å². The van der Waals surface area contributed by atoms with Crippen molar-refractivity contribution in [2.45, 2.75) is 13.5 Å². The lowest BCUT2D eigenvalue weighted by Crippen LogP contribution is -2.27. The molecular formula is C22H19ClN2O2. The van der Waals surface area contributed by atoms with Gasteiger partial charge in [0.05, 0.1) is 5.56 Å². The zero-order chi connectivity index (χ0) is 19.4. The number of aromatic nitrogens is 1. The van der Waals surface area contributed by atoms with Gasteiger partial charge in [-0.1, -0.05) is 59.6 Å². The number of amides is 1. The first-order valence-electron chi connectivity index (χ1n) is 8.50. The minimum atomic E-state index is -0.218. The van der Waals surface area contributed by atoms with Gasteiger partial charge in [0.15, 0.2) is 6.29 Å². The number of hydrogen-bond acceptors (Lipinski definition) is 3. The smallest absolute Gasteiger partial charge is 0.254 e. The SMILES string of the molecule is Cc1ccc(-c2cc(CN(C)C(=O)c3ccccc3C=O)cnc2Cl)cc1. The molecule has 4 nitrogen and oxygen atoms in total. The Bertz CT molecular complexity index is 984. The van der Waals surface area contributed by atoms with Crippen LogP contribution in [-0.2, 0) is 6.54 Å². The first kappa shape index (κ1) is 18.8. The molecule has 1 amide bonds. The van der Waals surface area contributed by atoms with E-state index in [1.54, 1.807) is 42.4 Å². The van der Waals surface area contributed by atoms with E-state index in [2.05, 4.69) is 4.98 Å². The summed E-state index contributed by atoms with van der Waals surface area (Å²) in [5, 5.41) is 0.419. The summed E-state index contributed by atoms with van der Waals surface area (Å²) in [6, 6.07) is 16.7. The van der Waals surface area contributed by atoms with Gasteiger partial charge in [0.25, 0.3) is 5.91 Å². The van der Waals surface area contributed by atoms with Crippen LogP contribution in [0.5, 0.6) is 0 Å². The highest BCUT2D eigenvalue weighted by molar-refractivity contribution is 6.32.